The Morgan fingerprint density at radius 1 is 1.19 bits per heavy atom. The molecule has 0 saturated carbocycles. The molecule has 21 heavy (non-hydrogen) atoms. The third-order valence-electron chi connectivity index (χ3n) is 5.21. The van der Waals surface area contributed by atoms with Crippen LogP contribution in [0.25, 0.3) is 0 Å². The lowest BCUT2D eigenvalue weighted by molar-refractivity contribution is 0.249. The van der Waals surface area contributed by atoms with Crippen LogP contribution in [0.15, 0.2) is 24.3 Å². The van der Waals surface area contributed by atoms with Crippen LogP contribution in [0.3, 0.4) is 0 Å². The molecule has 0 fully saturated rings. The molecule has 1 atom stereocenters. The zero-order valence-electron chi connectivity index (χ0n) is 14.3. The second kappa shape index (κ2) is 7.31. The molecule has 0 bridgehead atoms. The summed E-state index contributed by atoms with van der Waals surface area (Å²) in [6.07, 6.45) is 3.71. The van der Waals surface area contributed by atoms with Gasteiger partial charge in [-0.05, 0) is 48.8 Å². The van der Waals surface area contributed by atoms with Crippen LogP contribution in [0, 0.1) is 11.3 Å². The molecule has 2 nitrogen and oxygen atoms in total. The quantitative estimate of drug-likeness (QED) is 0.812. The Morgan fingerprint density at radius 2 is 1.90 bits per heavy atom. The SMILES string of the molecule is CCNCC(CC)(CC)CN1CC(C)Cc2ccccc21. The molecule has 0 saturated heterocycles. The topological polar surface area (TPSA) is 15.3 Å². The zero-order chi connectivity index (χ0) is 15.3. The highest BCUT2D eigenvalue weighted by molar-refractivity contribution is 5.56. The number of benzene rings is 1. The first-order valence-electron chi connectivity index (χ1n) is 8.67. The van der Waals surface area contributed by atoms with Gasteiger partial charge >= 0.3 is 0 Å². The fourth-order valence-electron chi connectivity index (χ4n) is 3.63. The monoisotopic (exact) mass is 288 g/mol. The largest absolute Gasteiger partial charge is 0.370 e. The first-order valence-corrected chi connectivity index (χ1v) is 8.67. The van der Waals surface area contributed by atoms with Crippen molar-refractivity contribution >= 4 is 5.69 Å². The molecule has 2 rings (SSSR count). The van der Waals surface area contributed by atoms with E-state index in [-0.39, 0.29) is 0 Å². The van der Waals surface area contributed by atoms with E-state index in [0.29, 0.717) is 5.41 Å². The molecule has 2 heteroatoms. The molecule has 1 heterocycles. The summed E-state index contributed by atoms with van der Waals surface area (Å²) in [6.45, 7) is 13.8. The van der Waals surface area contributed by atoms with E-state index >= 15 is 0 Å². The zero-order valence-corrected chi connectivity index (χ0v) is 14.3. The number of nitrogens with one attached hydrogen (secondary N) is 1. The van der Waals surface area contributed by atoms with Crippen LogP contribution in [-0.4, -0.2) is 26.2 Å². The third-order valence-corrected chi connectivity index (χ3v) is 5.21. The molecular weight excluding hydrogens is 256 g/mol. The lowest BCUT2D eigenvalue weighted by Gasteiger charge is -2.42. The third kappa shape index (κ3) is 3.79. The molecule has 0 aromatic heterocycles. The average Bonchev–Trinajstić information content (AvgIpc) is 2.51. The number of hydrogen-bond acceptors (Lipinski definition) is 2. The first-order chi connectivity index (χ1) is 10.1. The van der Waals surface area contributed by atoms with Gasteiger partial charge < -0.3 is 10.2 Å². The summed E-state index contributed by atoms with van der Waals surface area (Å²) in [6, 6.07) is 8.98. The summed E-state index contributed by atoms with van der Waals surface area (Å²) >= 11 is 0. The van der Waals surface area contributed by atoms with Crippen LogP contribution >= 0.6 is 0 Å². The van der Waals surface area contributed by atoms with Gasteiger partial charge in [0.15, 0.2) is 0 Å². The molecular formula is C19H32N2. The van der Waals surface area contributed by atoms with Gasteiger partial charge in [-0.2, -0.15) is 0 Å². The number of rotatable bonds is 7. The van der Waals surface area contributed by atoms with Gasteiger partial charge in [-0.3, -0.25) is 0 Å². The predicted molar refractivity (Wildman–Crippen MR) is 93.1 cm³/mol. The van der Waals surface area contributed by atoms with Crippen molar-refractivity contribution in [3.05, 3.63) is 29.8 Å². The van der Waals surface area contributed by atoms with Gasteiger partial charge in [0.25, 0.3) is 0 Å². The van der Waals surface area contributed by atoms with Crippen LogP contribution in [0.2, 0.25) is 0 Å². The maximum Gasteiger partial charge on any atom is 0.0399 e. The molecule has 1 unspecified atom stereocenters. The van der Waals surface area contributed by atoms with Crippen LogP contribution in [0.5, 0.6) is 0 Å². The molecule has 1 N–H and O–H groups in total. The van der Waals surface area contributed by atoms with Crippen molar-refractivity contribution in [3.8, 4) is 0 Å². The molecule has 0 radical (unpaired) electrons. The van der Waals surface area contributed by atoms with Gasteiger partial charge in [0.2, 0.25) is 0 Å². The maximum atomic E-state index is 3.59. The van der Waals surface area contributed by atoms with Gasteiger partial charge in [0.1, 0.15) is 0 Å². The van der Waals surface area contributed by atoms with Gasteiger partial charge in [0, 0.05) is 25.3 Å². The van der Waals surface area contributed by atoms with Crippen molar-refractivity contribution < 1.29 is 0 Å². The van der Waals surface area contributed by atoms with E-state index in [1.807, 2.05) is 0 Å². The van der Waals surface area contributed by atoms with Crippen molar-refractivity contribution in [2.24, 2.45) is 11.3 Å². The van der Waals surface area contributed by atoms with E-state index in [9.17, 15) is 0 Å². The standard InChI is InChI=1S/C19H32N2/c1-5-19(6-2,14-20-7-3)15-21-13-16(4)12-17-10-8-9-11-18(17)21/h8-11,16,20H,5-7,12-15H2,1-4H3. The second-order valence-corrected chi connectivity index (χ2v) is 6.81. The number of nitrogens with zero attached hydrogens (tertiary/aromatic N) is 1. The van der Waals surface area contributed by atoms with Crippen LogP contribution in [0.1, 0.15) is 46.1 Å². The Balaban J connectivity index is 2.20. The van der Waals surface area contributed by atoms with Crippen molar-refractivity contribution in [1.82, 2.24) is 5.32 Å². The van der Waals surface area contributed by atoms with Gasteiger partial charge in [-0.25, -0.2) is 0 Å². The molecule has 1 aliphatic heterocycles. The minimum atomic E-state index is 0.389. The van der Waals surface area contributed by atoms with Gasteiger partial charge in [-0.1, -0.05) is 45.9 Å². The van der Waals surface area contributed by atoms with Gasteiger partial charge in [-0.15, -0.1) is 0 Å². The van der Waals surface area contributed by atoms with E-state index in [1.165, 1.54) is 43.6 Å². The highest BCUT2D eigenvalue weighted by Gasteiger charge is 2.31. The fourth-order valence-corrected chi connectivity index (χ4v) is 3.63. The van der Waals surface area contributed by atoms with Crippen molar-refractivity contribution in [3.63, 3.8) is 0 Å². The van der Waals surface area contributed by atoms with E-state index in [0.717, 1.165) is 19.0 Å². The highest BCUT2D eigenvalue weighted by Crippen LogP contribution is 2.34. The number of fused-ring (bicyclic) bond motifs is 1. The summed E-state index contributed by atoms with van der Waals surface area (Å²) in [4.78, 5) is 2.65. The van der Waals surface area contributed by atoms with Crippen molar-refractivity contribution in [2.75, 3.05) is 31.1 Å². The average molecular weight is 288 g/mol. The molecule has 1 aliphatic rings. The summed E-state index contributed by atoms with van der Waals surface area (Å²) in [7, 11) is 0. The van der Waals surface area contributed by atoms with E-state index in [2.05, 4.69) is 62.2 Å². The Hall–Kier alpha value is -1.02. The molecule has 118 valence electrons. The molecule has 0 amide bonds. The molecule has 1 aromatic carbocycles. The smallest absolute Gasteiger partial charge is 0.0399 e. The Labute approximate surface area is 130 Å². The minimum absolute atomic E-state index is 0.389. The van der Waals surface area contributed by atoms with E-state index < -0.39 is 0 Å². The lowest BCUT2D eigenvalue weighted by atomic mass is 9.80. The molecule has 0 spiro atoms. The number of hydrogen-bond donors (Lipinski definition) is 1. The maximum absolute atomic E-state index is 3.59. The molecule has 1 aromatic rings. The number of anilines is 1. The van der Waals surface area contributed by atoms with Crippen LogP contribution in [0.4, 0.5) is 5.69 Å². The normalized spacial score (nSPS) is 18.7. The second-order valence-electron chi connectivity index (χ2n) is 6.81. The fraction of sp³-hybridized carbons (Fsp3) is 0.684. The minimum Gasteiger partial charge on any atom is -0.370 e. The molecule has 0 aliphatic carbocycles. The summed E-state index contributed by atoms with van der Waals surface area (Å²) < 4.78 is 0. The van der Waals surface area contributed by atoms with Crippen molar-refractivity contribution in [1.29, 1.82) is 0 Å². The Kier molecular flexibility index (Phi) is 5.69. The first kappa shape index (κ1) is 16.4. The Morgan fingerprint density at radius 3 is 2.57 bits per heavy atom. The highest BCUT2D eigenvalue weighted by atomic mass is 15.2. The predicted octanol–water partition coefficient (Wildman–Crippen LogP) is 4.10. The van der Waals surface area contributed by atoms with E-state index in [1.54, 1.807) is 0 Å². The summed E-state index contributed by atoms with van der Waals surface area (Å²) in [5, 5.41) is 3.59. The van der Waals surface area contributed by atoms with Crippen LogP contribution in [-0.2, 0) is 6.42 Å². The van der Waals surface area contributed by atoms with Crippen molar-refractivity contribution in [2.45, 2.75) is 47.0 Å². The van der Waals surface area contributed by atoms with E-state index in [4.69, 9.17) is 0 Å². The summed E-state index contributed by atoms with van der Waals surface area (Å²) in [5.41, 5.74) is 3.39. The summed E-state index contributed by atoms with van der Waals surface area (Å²) in [5.74, 6) is 0.755. The van der Waals surface area contributed by atoms with Gasteiger partial charge in [0.05, 0.1) is 0 Å². The Bertz CT molecular complexity index is 437. The van der Waals surface area contributed by atoms with Crippen LogP contribution < -0.4 is 10.2 Å². The number of para-hydroxylation sites is 1. The lowest BCUT2D eigenvalue weighted by Crippen LogP contribution is -2.46.